The summed E-state index contributed by atoms with van der Waals surface area (Å²) in [4.78, 5) is 25.9. The number of pyridine rings is 1. The number of aromatic nitrogens is 1. The lowest BCUT2D eigenvalue weighted by Gasteiger charge is -2.36. The molecule has 1 aromatic carbocycles. The normalized spacial score (nSPS) is 19.1. The Morgan fingerprint density at radius 3 is 2.52 bits per heavy atom. The summed E-state index contributed by atoms with van der Waals surface area (Å²) in [6.07, 6.45) is 5.57. The number of amidine groups is 1. The van der Waals surface area contributed by atoms with Crippen LogP contribution in [0.2, 0.25) is 5.02 Å². The number of benzene rings is 1. The fourth-order valence-corrected chi connectivity index (χ4v) is 4.97. The Hall–Kier alpha value is -2.09. The molecule has 2 aliphatic heterocycles. The first kappa shape index (κ1) is 20.2. The van der Waals surface area contributed by atoms with E-state index < -0.39 is 0 Å². The molecule has 0 spiro atoms. The third-order valence-corrected chi connectivity index (χ3v) is 6.37. The van der Waals surface area contributed by atoms with E-state index in [4.69, 9.17) is 11.6 Å². The standard InChI is InChI=1S/C21H18BrClN4OS/c22-16(13-15-5-2-1-3-6-15)14-18-20(28)25-21(29-18)27-11-9-26(10-12-27)19-17(23)7-4-8-24-19/h1-8,13-14H,9-12H2/b16-13-,18-14+. The van der Waals surface area contributed by atoms with Crippen molar-refractivity contribution in [3.05, 3.63) is 74.7 Å². The molecular formula is C21H18BrClN4OS. The van der Waals surface area contributed by atoms with Crippen molar-refractivity contribution >= 4 is 62.3 Å². The van der Waals surface area contributed by atoms with Crippen LogP contribution in [0.1, 0.15) is 5.56 Å². The predicted molar refractivity (Wildman–Crippen MR) is 124 cm³/mol. The smallest absolute Gasteiger partial charge is 0.286 e. The van der Waals surface area contributed by atoms with Crippen molar-refractivity contribution < 1.29 is 4.79 Å². The van der Waals surface area contributed by atoms with E-state index in [1.807, 2.05) is 54.6 Å². The number of carbonyl (C=O) groups excluding carboxylic acids is 1. The van der Waals surface area contributed by atoms with Gasteiger partial charge < -0.3 is 9.80 Å². The number of halogens is 2. The molecule has 0 aliphatic carbocycles. The van der Waals surface area contributed by atoms with E-state index in [1.54, 1.807) is 6.20 Å². The summed E-state index contributed by atoms with van der Waals surface area (Å²) in [5.74, 6) is 0.611. The summed E-state index contributed by atoms with van der Waals surface area (Å²) < 4.78 is 0.839. The molecule has 1 saturated heterocycles. The number of rotatable bonds is 3. The quantitative estimate of drug-likeness (QED) is 0.579. The van der Waals surface area contributed by atoms with Crippen molar-refractivity contribution in [1.82, 2.24) is 9.88 Å². The summed E-state index contributed by atoms with van der Waals surface area (Å²) >= 11 is 11.2. The topological polar surface area (TPSA) is 48.8 Å². The highest BCUT2D eigenvalue weighted by Gasteiger charge is 2.29. The Labute approximate surface area is 187 Å². The van der Waals surface area contributed by atoms with E-state index in [0.29, 0.717) is 9.93 Å². The van der Waals surface area contributed by atoms with Crippen molar-refractivity contribution in [1.29, 1.82) is 0 Å². The van der Waals surface area contributed by atoms with Crippen molar-refractivity contribution in [3.8, 4) is 0 Å². The van der Waals surface area contributed by atoms with Gasteiger partial charge in [-0.1, -0.05) is 57.9 Å². The second-order valence-corrected chi connectivity index (χ2v) is 8.86. The van der Waals surface area contributed by atoms with E-state index in [-0.39, 0.29) is 5.91 Å². The van der Waals surface area contributed by atoms with E-state index in [1.165, 1.54) is 11.8 Å². The van der Waals surface area contributed by atoms with E-state index in [9.17, 15) is 4.79 Å². The fraction of sp³-hybridized carbons (Fsp3) is 0.190. The first-order valence-electron chi connectivity index (χ1n) is 9.15. The SMILES string of the molecule is O=C1N=C(N2CCN(c3ncccc3Cl)CC2)S/C1=C/C(Br)=C/c1ccccc1. The van der Waals surface area contributed by atoms with Crippen molar-refractivity contribution in [3.63, 3.8) is 0 Å². The van der Waals surface area contributed by atoms with Crippen LogP contribution in [0.15, 0.2) is 69.1 Å². The summed E-state index contributed by atoms with van der Waals surface area (Å²) in [5.41, 5.74) is 1.07. The lowest BCUT2D eigenvalue weighted by atomic mass is 10.2. The van der Waals surface area contributed by atoms with Crippen LogP contribution in [0.4, 0.5) is 5.82 Å². The Balaban J connectivity index is 1.39. The van der Waals surface area contributed by atoms with Crippen LogP contribution < -0.4 is 4.90 Å². The second kappa shape index (κ2) is 9.15. The average Bonchev–Trinajstić information content (AvgIpc) is 3.09. The van der Waals surface area contributed by atoms with Gasteiger partial charge in [0.1, 0.15) is 5.82 Å². The van der Waals surface area contributed by atoms with Gasteiger partial charge in [0.15, 0.2) is 5.17 Å². The molecule has 8 heteroatoms. The van der Waals surface area contributed by atoms with Crippen LogP contribution in [0.5, 0.6) is 0 Å². The maximum absolute atomic E-state index is 12.4. The van der Waals surface area contributed by atoms with Gasteiger partial charge in [-0.25, -0.2) is 4.98 Å². The molecule has 1 amide bonds. The maximum atomic E-state index is 12.4. The first-order chi connectivity index (χ1) is 14.1. The molecule has 3 heterocycles. The Morgan fingerprint density at radius 2 is 1.79 bits per heavy atom. The van der Waals surface area contributed by atoms with Crippen LogP contribution in [-0.4, -0.2) is 47.1 Å². The second-order valence-electron chi connectivity index (χ2n) is 6.53. The number of allylic oxidation sites excluding steroid dienone is 2. The number of anilines is 1. The highest BCUT2D eigenvalue weighted by atomic mass is 79.9. The van der Waals surface area contributed by atoms with Gasteiger partial charge in [-0.3, -0.25) is 4.79 Å². The third kappa shape index (κ3) is 4.91. The Morgan fingerprint density at radius 1 is 1.07 bits per heavy atom. The minimum absolute atomic E-state index is 0.196. The number of piperazine rings is 1. The zero-order chi connectivity index (χ0) is 20.2. The van der Waals surface area contributed by atoms with Gasteiger partial charge in [0, 0.05) is 36.9 Å². The molecule has 0 N–H and O–H groups in total. The molecule has 2 aromatic rings. The maximum Gasteiger partial charge on any atom is 0.286 e. The van der Waals surface area contributed by atoms with Gasteiger partial charge in [-0.15, -0.1) is 0 Å². The summed E-state index contributed by atoms with van der Waals surface area (Å²) in [7, 11) is 0. The van der Waals surface area contributed by atoms with Gasteiger partial charge in [0.25, 0.3) is 5.91 Å². The molecule has 0 unspecified atom stereocenters. The van der Waals surface area contributed by atoms with Gasteiger partial charge in [-0.2, -0.15) is 4.99 Å². The molecule has 2 aliphatic rings. The van der Waals surface area contributed by atoms with Crippen molar-refractivity contribution in [2.75, 3.05) is 31.1 Å². The van der Waals surface area contributed by atoms with Gasteiger partial charge >= 0.3 is 0 Å². The Bertz CT molecular complexity index is 1000. The zero-order valence-corrected chi connectivity index (χ0v) is 18.6. The molecule has 1 fully saturated rings. The molecule has 148 valence electrons. The number of hydrogen-bond donors (Lipinski definition) is 0. The van der Waals surface area contributed by atoms with Crippen molar-refractivity contribution in [2.45, 2.75) is 0 Å². The summed E-state index contributed by atoms with van der Waals surface area (Å²) in [6.45, 7) is 3.09. The molecule has 5 nitrogen and oxygen atoms in total. The monoisotopic (exact) mass is 488 g/mol. The van der Waals surface area contributed by atoms with Crippen LogP contribution in [0.25, 0.3) is 6.08 Å². The number of thioether (sulfide) groups is 1. The van der Waals surface area contributed by atoms with Crippen LogP contribution >= 0.6 is 39.3 Å². The fourth-order valence-electron chi connectivity index (χ4n) is 3.13. The predicted octanol–water partition coefficient (Wildman–Crippen LogP) is 4.81. The molecule has 4 rings (SSSR count). The highest BCUT2D eigenvalue weighted by Crippen LogP contribution is 2.32. The van der Waals surface area contributed by atoms with E-state index in [2.05, 4.69) is 35.7 Å². The summed E-state index contributed by atoms with van der Waals surface area (Å²) in [6, 6.07) is 13.6. The highest BCUT2D eigenvalue weighted by molar-refractivity contribution is 9.12. The first-order valence-corrected chi connectivity index (χ1v) is 11.1. The molecule has 0 radical (unpaired) electrons. The Kier molecular flexibility index (Phi) is 6.37. The van der Waals surface area contributed by atoms with E-state index in [0.717, 1.165) is 47.2 Å². The zero-order valence-electron chi connectivity index (χ0n) is 15.5. The minimum atomic E-state index is -0.196. The molecule has 0 bridgehead atoms. The summed E-state index contributed by atoms with van der Waals surface area (Å²) in [5, 5.41) is 1.41. The van der Waals surface area contributed by atoms with Crippen LogP contribution in [-0.2, 0) is 4.79 Å². The number of amides is 1. The molecule has 0 saturated carbocycles. The van der Waals surface area contributed by atoms with Gasteiger partial charge in [0.05, 0.1) is 9.93 Å². The third-order valence-electron chi connectivity index (χ3n) is 4.57. The number of hydrogen-bond acceptors (Lipinski definition) is 5. The van der Waals surface area contributed by atoms with Crippen molar-refractivity contribution in [2.24, 2.45) is 4.99 Å². The average molecular weight is 490 g/mol. The van der Waals surface area contributed by atoms with Gasteiger partial charge in [-0.05, 0) is 41.6 Å². The lowest BCUT2D eigenvalue weighted by Crippen LogP contribution is -2.48. The molecular weight excluding hydrogens is 472 g/mol. The van der Waals surface area contributed by atoms with E-state index >= 15 is 0 Å². The lowest BCUT2D eigenvalue weighted by molar-refractivity contribution is -0.113. The number of nitrogens with zero attached hydrogens (tertiary/aromatic N) is 4. The largest absolute Gasteiger partial charge is 0.352 e. The van der Waals surface area contributed by atoms with Crippen LogP contribution in [0, 0.1) is 0 Å². The number of carbonyl (C=O) groups is 1. The molecule has 1 aromatic heterocycles. The van der Waals surface area contributed by atoms with Gasteiger partial charge in [0.2, 0.25) is 0 Å². The molecule has 29 heavy (non-hydrogen) atoms. The minimum Gasteiger partial charge on any atom is -0.352 e. The molecule has 0 atom stereocenters. The van der Waals surface area contributed by atoms with Crippen LogP contribution in [0.3, 0.4) is 0 Å². The number of aliphatic imine (C=N–C) groups is 1.